The van der Waals surface area contributed by atoms with Crippen LogP contribution in [0.1, 0.15) is 24.1 Å². The Balaban J connectivity index is 2.03. The Morgan fingerprint density at radius 3 is 2.70 bits per heavy atom. The van der Waals surface area contributed by atoms with Gasteiger partial charge in [0.1, 0.15) is 5.75 Å². The average molecular weight is 389 g/mol. The van der Waals surface area contributed by atoms with E-state index in [4.69, 9.17) is 4.74 Å². The SMILES string of the molecule is COc1cc(CN(C)C(=O)NC(C)c2cccc([N+](=O)[O-])c2)ccc1SC. The number of carbonyl (C=O) groups is 1. The van der Waals surface area contributed by atoms with Crippen LogP contribution in [0, 0.1) is 10.1 Å². The van der Waals surface area contributed by atoms with Gasteiger partial charge in [-0.05, 0) is 36.4 Å². The molecular formula is C19H23N3O4S. The van der Waals surface area contributed by atoms with Crippen molar-refractivity contribution in [2.24, 2.45) is 0 Å². The molecule has 0 aliphatic carbocycles. The summed E-state index contributed by atoms with van der Waals surface area (Å²) < 4.78 is 5.38. The predicted octanol–water partition coefficient (Wildman–Crippen LogP) is 4.23. The fourth-order valence-electron chi connectivity index (χ4n) is 2.61. The summed E-state index contributed by atoms with van der Waals surface area (Å²) in [5.74, 6) is 0.777. The van der Waals surface area contributed by atoms with Crippen molar-refractivity contribution in [1.29, 1.82) is 0 Å². The lowest BCUT2D eigenvalue weighted by Crippen LogP contribution is -2.38. The minimum Gasteiger partial charge on any atom is -0.496 e. The number of nitro groups is 1. The second-order valence-electron chi connectivity index (χ2n) is 6.07. The summed E-state index contributed by atoms with van der Waals surface area (Å²) in [6, 6.07) is 11.5. The molecule has 0 aliphatic heterocycles. The summed E-state index contributed by atoms with van der Waals surface area (Å²) in [6.07, 6.45) is 1.98. The van der Waals surface area contributed by atoms with Gasteiger partial charge in [-0.1, -0.05) is 18.2 Å². The van der Waals surface area contributed by atoms with Crippen LogP contribution < -0.4 is 10.1 Å². The second-order valence-corrected chi connectivity index (χ2v) is 6.92. The molecule has 8 heteroatoms. The monoisotopic (exact) mass is 389 g/mol. The summed E-state index contributed by atoms with van der Waals surface area (Å²) in [5.41, 5.74) is 1.63. The van der Waals surface area contributed by atoms with Gasteiger partial charge in [0.25, 0.3) is 5.69 Å². The van der Waals surface area contributed by atoms with E-state index in [9.17, 15) is 14.9 Å². The van der Waals surface area contributed by atoms with Crippen LogP contribution in [-0.4, -0.2) is 36.3 Å². The van der Waals surface area contributed by atoms with Gasteiger partial charge < -0.3 is 15.0 Å². The van der Waals surface area contributed by atoms with E-state index in [2.05, 4.69) is 5.32 Å². The number of urea groups is 1. The third kappa shape index (κ3) is 5.37. The molecule has 0 saturated heterocycles. The van der Waals surface area contributed by atoms with E-state index < -0.39 is 4.92 Å². The molecule has 0 bridgehead atoms. The Morgan fingerprint density at radius 2 is 2.07 bits per heavy atom. The summed E-state index contributed by atoms with van der Waals surface area (Å²) in [7, 11) is 3.32. The maximum atomic E-state index is 12.5. The largest absolute Gasteiger partial charge is 0.496 e. The number of thioether (sulfide) groups is 1. The third-order valence-electron chi connectivity index (χ3n) is 4.14. The Labute approximate surface area is 162 Å². The van der Waals surface area contributed by atoms with E-state index in [1.54, 1.807) is 49.9 Å². The van der Waals surface area contributed by atoms with Gasteiger partial charge in [0.15, 0.2) is 0 Å². The molecule has 0 heterocycles. The highest BCUT2D eigenvalue weighted by molar-refractivity contribution is 7.98. The van der Waals surface area contributed by atoms with Gasteiger partial charge >= 0.3 is 6.03 Å². The molecule has 0 aromatic heterocycles. The Morgan fingerprint density at radius 1 is 1.33 bits per heavy atom. The number of methoxy groups -OCH3 is 1. The van der Waals surface area contributed by atoms with Crippen molar-refractivity contribution in [3.63, 3.8) is 0 Å². The fourth-order valence-corrected chi connectivity index (χ4v) is 3.16. The van der Waals surface area contributed by atoms with Crippen molar-refractivity contribution in [2.45, 2.75) is 24.4 Å². The topological polar surface area (TPSA) is 84.7 Å². The lowest BCUT2D eigenvalue weighted by molar-refractivity contribution is -0.384. The van der Waals surface area contributed by atoms with E-state index in [1.807, 2.05) is 24.5 Å². The maximum Gasteiger partial charge on any atom is 0.317 e. The molecule has 0 saturated carbocycles. The molecule has 144 valence electrons. The number of non-ortho nitro benzene ring substituents is 1. The zero-order valence-electron chi connectivity index (χ0n) is 15.8. The smallest absolute Gasteiger partial charge is 0.317 e. The molecular weight excluding hydrogens is 366 g/mol. The highest BCUT2D eigenvalue weighted by atomic mass is 32.2. The molecule has 2 rings (SSSR count). The van der Waals surface area contributed by atoms with E-state index in [0.717, 1.165) is 16.2 Å². The number of nitrogens with one attached hydrogen (secondary N) is 1. The Bertz CT molecular complexity index is 828. The quantitative estimate of drug-likeness (QED) is 0.435. The van der Waals surface area contributed by atoms with Crippen LogP contribution >= 0.6 is 11.8 Å². The van der Waals surface area contributed by atoms with Crippen molar-refractivity contribution in [3.05, 3.63) is 63.7 Å². The van der Waals surface area contributed by atoms with Crippen LogP contribution in [0.4, 0.5) is 10.5 Å². The standard InChI is InChI=1S/C19H23N3O4S/c1-13(15-6-5-7-16(11-15)22(24)25)20-19(23)21(2)12-14-8-9-18(27-4)17(10-14)26-3/h5-11,13H,12H2,1-4H3,(H,20,23). The van der Waals surface area contributed by atoms with Gasteiger partial charge in [-0.3, -0.25) is 10.1 Å². The van der Waals surface area contributed by atoms with Gasteiger partial charge in [0.2, 0.25) is 0 Å². The van der Waals surface area contributed by atoms with Gasteiger partial charge in [0, 0.05) is 30.6 Å². The van der Waals surface area contributed by atoms with Crippen LogP contribution in [0.5, 0.6) is 5.75 Å². The summed E-state index contributed by atoms with van der Waals surface area (Å²) in [6.45, 7) is 2.21. The first-order chi connectivity index (χ1) is 12.8. The zero-order chi connectivity index (χ0) is 20.0. The highest BCUT2D eigenvalue weighted by Crippen LogP contribution is 2.28. The molecule has 2 aromatic carbocycles. The number of carbonyl (C=O) groups excluding carboxylic acids is 1. The van der Waals surface area contributed by atoms with Gasteiger partial charge in [0.05, 0.1) is 18.1 Å². The van der Waals surface area contributed by atoms with E-state index >= 15 is 0 Å². The number of nitrogens with zero attached hydrogens (tertiary/aromatic N) is 2. The minimum atomic E-state index is -0.449. The molecule has 27 heavy (non-hydrogen) atoms. The van der Waals surface area contributed by atoms with Crippen LogP contribution in [-0.2, 0) is 6.54 Å². The lowest BCUT2D eigenvalue weighted by Gasteiger charge is -2.22. The van der Waals surface area contributed by atoms with Gasteiger partial charge in [-0.15, -0.1) is 11.8 Å². The Hall–Kier alpha value is -2.74. The highest BCUT2D eigenvalue weighted by Gasteiger charge is 2.16. The van der Waals surface area contributed by atoms with E-state index in [-0.39, 0.29) is 17.8 Å². The molecule has 0 fully saturated rings. The Kier molecular flexibility index (Phi) is 7.06. The number of rotatable bonds is 7. The fraction of sp³-hybridized carbons (Fsp3) is 0.316. The van der Waals surface area contributed by atoms with E-state index in [1.165, 1.54) is 12.1 Å². The summed E-state index contributed by atoms with van der Waals surface area (Å²) >= 11 is 1.60. The normalized spacial score (nSPS) is 11.6. The third-order valence-corrected chi connectivity index (χ3v) is 4.91. The first-order valence-electron chi connectivity index (χ1n) is 8.32. The molecule has 0 aliphatic rings. The second kappa shape index (κ2) is 9.27. The number of nitro benzene ring substituents is 1. The number of ether oxygens (including phenoxy) is 1. The summed E-state index contributed by atoms with van der Waals surface area (Å²) in [5, 5.41) is 13.8. The first kappa shape index (κ1) is 20.6. The maximum absolute atomic E-state index is 12.5. The molecule has 1 N–H and O–H groups in total. The van der Waals surface area contributed by atoms with Gasteiger partial charge in [-0.25, -0.2) is 4.79 Å². The first-order valence-corrected chi connectivity index (χ1v) is 9.55. The van der Waals surface area contributed by atoms with Gasteiger partial charge in [-0.2, -0.15) is 0 Å². The summed E-state index contributed by atoms with van der Waals surface area (Å²) in [4.78, 5) is 25.5. The van der Waals surface area contributed by atoms with Crippen LogP contribution in [0.3, 0.4) is 0 Å². The lowest BCUT2D eigenvalue weighted by atomic mass is 10.1. The van der Waals surface area contributed by atoms with Crippen molar-refractivity contribution in [2.75, 3.05) is 20.4 Å². The van der Waals surface area contributed by atoms with Crippen molar-refractivity contribution in [3.8, 4) is 5.75 Å². The minimum absolute atomic E-state index is 0.00272. The average Bonchev–Trinajstić information content (AvgIpc) is 2.67. The molecule has 1 atom stereocenters. The molecule has 1 unspecified atom stereocenters. The number of hydrogen-bond donors (Lipinski definition) is 1. The molecule has 2 amide bonds. The number of hydrogen-bond acceptors (Lipinski definition) is 5. The number of amides is 2. The molecule has 7 nitrogen and oxygen atoms in total. The van der Waals surface area contributed by atoms with Crippen molar-refractivity contribution < 1.29 is 14.5 Å². The number of benzene rings is 2. The van der Waals surface area contributed by atoms with Crippen molar-refractivity contribution >= 4 is 23.5 Å². The van der Waals surface area contributed by atoms with Crippen LogP contribution in [0.2, 0.25) is 0 Å². The van der Waals surface area contributed by atoms with E-state index in [0.29, 0.717) is 12.1 Å². The van der Waals surface area contributed by atoms with Crippen LogP contribution in [0.25, 0.3) is 0 Å². The molecule has 2 aromatic rings. The predicted molar refractivity (Wildman–Crippen MR) is 106 cm³/mol. The van der Waals surface area contributed by atoms with Crippen LogP contribution in [0.15, 0.2) is 47.4 Å². The van der Waals surface area contributed by atoms with Crippen molar-refractivity contribution in [1.82, 2.24) is 10.2 Å². The molecule has 0 spiro atoms. The molecule has 0 radical (unpaired) electrons. The zero-order valence-corrected chi connectivity index (χ0v) is 16.6.